The van der Waals surface area contributed by atoms with Gasteiger partial charge in [0.25, 0.3) is 5.56 Å². The summed E-state index contributed by atoms with van der Waals surface area (Å²) in [7, 11) is 0. The van der Waals surface area contributed by atoms with Gasteiger partial charge in [0.15, 0.2) is 11.5 Å². The molecule has 0 N–H and O–H groups in total. The van der Waals surface area contributed by atoms with Crippen molar-refractivity contribution >= 4 is 22.7 Å². The van der Waals surface area contributed by atoms with Crippen molar-refractivity contribution in [3.05, 3.63) is 88.7 Å². The summed E-state index contributed by atoms with van der Waals surface area (Å²) >= 11 is 1.54. The number of halogens is 1. The highest BCUT2D eigenvalue weighted by Crippen LogP contribution is 2.35. The van der Waals surface area contributed by atoms with Gasteiger partial charge in [-0.3, -0.25) is 9.36 Å². The molecule has 0 saturated heterocycles. The predicted molar refractivity (Wildman–Crippen MR) is 114 cm³/mol. The van der Waals surface area contributed by atoms with E-state index < -0.39 is 0 Å². The van der Waals surface area contributed by atoms with Gasteiger partial charge in [-0.15, -0.1) is 11.8 Å². The van der Waals surface area contributed by atoms with Crippen LogP contribution in [0.3, 0.4) is 0 Å². The van der Waals surface area contributed by atoms with Crippen LogP contribution in [0.4, 0.5) is 4.39 Å². The number of nitrogens with zero attached hydrogens (tertiary/aromatic N) is 2. The van der Waals surface area contributed by atoms with Crippen molar-refractivity contribution in [1.82, 2.24) is 9.55 Å². The fraction of sp³-hybridized carbons (Fsp3) is 0.130. The Hall–Kier alpha value is -3.32. The van der Waals surface area contributed by atoms with Crippen LogP contribution >= 0.6 is 11.8 Å². The van der Waals surface area contributed by atoms with Crippen LogP contribution in [0.5, 0.6) is 11.5 Å². The quantitative estimate of drug-likeness (QED) is 0.452. The molecule has 150 valence electrons. The molecular weight excluding hydrogens is 403 g/mol. The Balaban J connectivity index is 1.55. The molecule has 0 bridgehead atoms. The zero-order chi connectivity index (χ0) is 20.5. The minimum atomic E-state index is -0.354. The van der Waals surface area contributed by atoms with Gasteiger partial charge in [0, 0.05) is 4.90 Å². The predicted octanol–water partition coefficient (Wildman–Crippen LogP) is 4.59. The number of hydrogen-bond acceptors (Lipinski definition) is 5. The first-order valence-electron chi connectivity index (χ1n) is 9.48. The molecule has 1 aliphatic heterocycles. The van der Waals surface area contributed by atoms with Gasteiger partial charge in [0.1, 0.15) is 24.9 Å². The summed E-state index contributed by atoms with van der Waals surface area (Å²) in [6, 6.07) is 18.9. The zero-order valence-electron chi connectivity index (χ0n) is 15.9. The molecule has 0 fully saturated rings. The van der Waals surface area contributed by atoms with Crippen LogP contribution < -0.4 is 15.0 Å². The van der Waals surface area contributed by atoms with E-state index in [-0.39, 0.29) is 11.4 Å². The molecule has 0 atom stereocenters. The van der Waals surface area contributed by atoms with Crippen molar-refractivity contribution < 1.29 is 13.9 Å². The van der Waals surface area contributed by atoms with E-state index in [2.05, 4.69) is 0 Å². The highest BCUT2D eigenvalue weighted by Gasteiger charge is 2.15. The molecule has 0 saturated carbocycles. The summed E-state index contributed by atoms with van der Waals surface area (Å²) in [6.07, 6.45) is 0. The fourth-order valence-electron chi connectivity index (χ4n) is 3.39. The number of benzene rings is 3. The van der Waals surface area contributed by atoms with Crippen molar-refractivity contribution in [3.63, 3.8) is 0 Å². The Bertz CT molecular complexity index is 1290. The average molecular weight is 420 g/mol. The first-order valence-corrected chi connectivity index (χ1v) is 10.5. The number of aromatic nitrogens is 2. The molecule has 1 aromatic heterocycles. The molecule has 0 amide bonds. The van der Waals surface area contributed by atoms with Crippen molar-refractivity contribution in [2.75, 3.05) is 13.2 Å². The summed E-state index contributed by atoms with van der Waals surface area (Å²) in [5.41, 5.74) is 1.04. The van der Waals surface area contributed by atoms with E-state index in [4.69, 9.17) is 14.5 Å². The second-order valence-electron chi connectivity index (χ2n) is 6.76. The van der Waals surface area contributed by atoms with Gasteiger partial charge in [-0.2, -0.15) is 0 Å². The fourth-order valence-corrected chi connectivity index (χ4v) is 4.24. The number of thioether (sulfide) groups is 1. The van der Waals surface area contributed by atoms with Gasteiger partial charge in [0.05, 0.1) is 22.3 Å². The minimum Gasteiger partial charge on any atom is -0.486 e. The van der Waals surface area contributed by atoms with E-state index in [1.165, 1.54) is 12.1 Å². The molecular formula is C23H17FN2O3S. The molecule has 30 heavy (non-hydrogen) atoms. The first-order chi connectivity index (χ1) is 14.7. The highest BCUT2D eigenvalue weighted by atomic mass is 32.2. The third-order valence-electron chi connectivity index (χ3n) is 4.81. The van der Waals surface area contributed by atoms with Gasteiger partial charge < -0.3 is 9.47 Å². The lowest BCUT2D eigenvalue weighted by Crippen LogP contribution is -2.23. The minimum absolute atomic E-state index is 0.176. The molecule has 2 heterocycles. The van der Waals surface area contributed by atoms with Gasteiger partial charge in [-0.25, -0.2) is 9.37 Å². The van der Waals surface area contributed by atoms with Gasteiger partial charge in [-0.05, 0) is 54.6 Å². The van der Waals surface area contributed by atoms with Crippen molar-refractivity contribution in [2.45, 2.75) is 10.6 Å². The molecule has 0 radical (unpaired) electrons. The topological polar surface area (TPSA) is 53.4 Å². The summed E-state index contributed by atoms with van der Waals surface area (Å²) in [5.74, 6) is 2.14. The Morgan fingerprint density at radius 2 is 1.73 bits per heavy atom. The standard InChI is InChI=1S/C23H17FN2O3S/c24-15-5-7-16(8-6-15)26-22(25-19-4-2-1-3-18(19)23(26)27)14-30-17-9-10-20-21(13-17)29-12-11-28-20/h1-10,13H,11-12,14H2. The molecule has 0 spiro atoms. The van der Waals surface area contributed by atoms with Gasteiger partial charge >= 0.3 is 0 Å². The molecule has 1 aliphatic rings. The van der Waals surface area contributed by atoms with Crippen molar-refractivity contribution in [3.8, 4) is 17.2 Å². The number of hydrogen-bond donors (Lipinski definition) is 0. The SMILES string of the molecule is O=c1c2ccccc2nc(CSc2ccc3c(c2)OCCO3)n1-c1ccc(F)cc1. The Labute approximate surface area is 176 Å². The molecule has 4 aromatic rings. The molecule has 7 heteroatoms. The zero-order valence-corrected chi connectivity index (χ0v) is 16.7. The number of para-hydroxylation sites is 1. The molecule has 5 rings (SSSR count). The van der Waals surface area contributed by atoms with E-state index in [0.717, 1.165) is 10.6 Å². The molecule has 0 unspecified atom stereocenters. The molecule has 3 aromatic carbocycles. The van der Waals surface area contributed by atoms with E-state index >= 15 is 0 Å². The van der Waals surface area contributed by atoms with Crippen LogP contribution in [0, 0.1) is 5.82 Å². The van der Waals surface area contributed by atoms with Crippen LogP contribution in [-0.4, -0.2) is 22.8 Å². The third kappa shape index (κ3) is 3.52. The van der Waals surface area contributed by atoms with E-state index in [9.17, 15) is 9.18 Å². The van der Waals surface area contributed by atoms with Gasteiger partial charge in [0.2, 0.25) is 0 Å². The van der Waals surface area contributed by atoms with Crippen LogP contribution in [0.2, 0.25) is 0 Å². The summed E-state index contributed by atoms with van der Waals surface area (Å²) < 4.78 is 26.2. The molecule has 0 aliphatic carbocycles. The molecule has 5 nitrogen and oxygen atoms in total. The summed E-state index contributed by atoms with van der Waals surface area (Å²) in [4.78, 5) is 18.9. The van der Waals surface area contributed by atoms with Crippen LogP contribution in [0.25, 0.3) is 16.6 Å². The van der Waals surface area contributed by atoms with Crippen molar-refractivity contribution in [2.24, 2.45) is 0 Å². The lowest BCUT2D eigenvalue weighted by Gasteiger charge is -2.19. The number of fused-ring (bicyclic) bond motifs is 2. The first kappa shape index (κ1) is 18.7. The normalized spacial score (nSPS) is 12.8. The maximum Gasteiger partial charge on any atom is 0.265 e. The summed E-state index contributed by atoms with van der Waals surface area (Å²) in [5, 5.41) is 0.523. The lowest BCUT2D eigenvalue weighted by atomic mass is 10.2. The van der Waals surface area contributed by atoms with Gasteiger partial charge in [-0.1, -0.05) is 12.1 Å². The second-order valence-corrected chi connectivity index (χ2v) is 7.81. The maximum atomic E-state index is 13.4. The number of rotatable bonds is 4. The van der Waals surface area contributed by atoms with Crippen LogP contribution in [0.15, 0.2) is 76.4 Å². The Morgan fingerprint density at radius 3 is 2.57 bits per heavy atom. The Morgan fingerprint density at radius 1 is 0.967 bits per heavy atom. The van der Waals surface area contributed by atoms with E-state index in [0.29, 0.717) is 47.1 Å². The highest BCUT2D eigenvalue weighted by molar-refractivity contribution is 7.98. The Kier molecular flexibility index (Phi) is 4.88. The smallest absolute Gasteiger partial charge is 0.265 e. The van der Waals surface area contributed by atoms with E-state index in [1.807, 2.05) is 36.4 Å². The third-order valence-corrected chi connectivity index (χ3v) is 5.80. The van der Waals surface area contributed by atoms with Crippen molar-refractivity contribution in [1.29, 1.82) is 0 Å². The summed E-state index contributed by atoms with van der Waals surface area (Å²) in [6.45, 7) is 1.07. The maximum absolute atomic E-state index is 13.4. The van der Waals surface area contributed by atoms with Crippen LogP contribution in [-0.2, 0) is 5.75 Å². The lowest BCUT2D eigenvalue weighted by molar-refractivity contribution is 0.171. The average Bonchev–Trinajstić information content (AvgIpc) is 2.78. The monoisotopic (exact) mass is 420 g/mol. The second kappa shape index (κ2) is 7.84. The van der Waals surface area contributed by atoms with E-state index in [1.54, 1.807) is 34.5 Å². The van der Waals surface area contributed by atoms with Crippen LogP contribution in [0.1, 0.15) is 5.82 Å². The largest absolute Gasteiger partial charge is 0.486 e. The number of ether oxygens (including phenoxy) is 2.